The van der Waals surface area contributed by atoms with Gasteiger partial charge >= 0.3 is 0 Å². The predicted octanol–water partition coefficient (Wildman–Crippen LogP) is 5.03. The average molecular weight is 363 g/mol. The van der Waals surface area contributed by atoms with Crippen LogP contribution in [0.25, 0.3) is 0 Å². The van der Waals surface area contributed by atoms with E-state index in [1.165, 1.54) is 32.1 Å². The molecule has 26 heavy (non-hydrogen) atoms. The quantitative estimate of drug-likeness (QED) is 0.613. The van der Waals surface area contributed by atoms with Gasteiger partial charge in [-0.1, -0.05) is 27.2 Å². The molecule has 2 heterocycles. The summed E-state index contributed by atoms with van der Waals surface area (Å²) in [6.07, 6.45) is 6.86. The Morgan fingerprint density at radius 2 is 1.81 bits per heavy atom. The Morgan fingerprint density at radius 3 is 2.54 bits per heavy atom. The zero-order chi connectivity index (χ0) is 18.5. The Kier molecular flexibility index (Phi) is 3.78. The molecule has 5 rings (SSSR count). The van der Waals surface area contributed by atoms with Gasteiger partial charge in [-0.15, -0.1) is 0 Å². The van der Waals surface area contributed by atoms with Crippen LogP contribution in [0.15, 0.2) is 0 Å². The summed E-state index contributed by atoms with van der Waals surface area (Å²) >= 11 is 0. The van der Waals surface area contributed by atoms with E-state index in [2.05, 4.69) is 41.5 Å². The molecule has 0 amide bonds. The highest BCUT2D eigenvalue weighted by Gasteiger charge is 2.81. The fourth-order valence-electron chi connectivity index (χ4n) is 7.89. The van der Waals surface area contributed by atoms with Crippen molar-refractivity contribution in [3.63, 3.8) is 0 Å². The summed E-state index contributed by atoms with van der Waals surface area (Å²) < 4.78 is 19.7. The van der Waals surface area contributed by atoms with Gasteiger partial charge < -0.3 is 14.2 Å². The molecule has 0 aromatic heterocycles. The van der Waals surface area contributed by atoms with Crippen LogP contribution in [0.2, 0.25) is 0 Å². The van der Waals surface area contributed by atoms with Gasteiger partial charge in [-0.3, -0.25) is 0 Å². The number of epoxide rings is 1. The van der Waals surface area contributed by atoms with E-state index in [4.69, 9.17) is 14.2 Å². The van der Waals surface area contributed by atoms with E-state index < -0.39 is 5.79 Å². The summed E-state index contributed by atoms with van der Waals surface area (Å²) in [7, 11) is 0. The molecule has 2 aliphatic heterocycles. The van der Waals surface area contributed by atoms with Crippen LogP contribution in [-0.4, -0.2) is 29.7 Å². The maximum atomic E-state index is 6.85. The van der Waals surface area contributed by atoms with Crippen molar-refractivity contribution in [3.8, 4) is 0 Å². The van der Waals surface area contributed by atoms with Gasteiger partial charge in [0, 0.05) is 11.8 Å². The molecule has 0 aromatic rings. The molecular formula is C23H38O3. The lowest BCUT2D eigenvalue weighted by Crippen LogP contribution is -2.65. The predicted molar refractivity (Wildman–Crippen MR) is 102 cm³/mol. The summed E-state index contributed by atoms with van der Waals surface area (Å²) in [5.74, 6) is 4.37. The van der Waals surface area contributed by atoms with Gasteiger partial charge in [-0.05, 0) is 76.0 Å². The largest absolute Gasteiger partial charge is 0.362 e. The van der Waals surface area contributed by atoms with E-state index in [9.17, 15) is 0 Å². The molecule has 0 aromatic carbocycles. The van der Waals surface area contributed by atoms with E-state index in [-0.39, 0.29) is 11.2 Å². The normalized spacial score (nSPS) is 57.6. The van der Waals surface area contributed by atoms with Crippen LogP contribution in [0.4, 0.5) is 0 Å². The van der Waals surface area contributed by atoms with Crippen molar-refractivity contribution in [1.29, 1.82) is 0 Å². The number of fused-ring (bicyclic) bond motifs is 1. The Morgan fingerprint density at radius 1 is 1.04 bits per heavy atom. The molecule has 5 aliphatic rings. The van der Waals surface area contributed by atoms with Crippen LogP contribution in [-0.2, 0) is 14.2 Å². The minimum atomic E-state index is -0.451. The first kappa shape index (κ1) is 17.9. The SMILES string of the molecule is CC(C)[C@H]1CC[C@H](C)[C@@H]2CC[C@@]3(C)O[C@@]34[C@@H]2[C@@H]2OC(C)(C)OC[C@@H]2C[C@@H]14. The lowest BCUT2D eigenvalue weighted by Gasteiger charge is -2.59. The van der Waals surface area contributed by atoms with Gasteiger partial charge in [0.2, 0.25) is 0 Å². The van der Waals surface area contributed by atoms with Gasteiger partial charge in [-0.2, -0.15) is 0 Å². The molecule has 3 aliphatic carbocycles. The third-order valence-corrected chi connectivity index (χ3v) is 9.14. The Bertz CT molecular complexity index is 586. The molecule has 3 heteroatoms. The van der Waals surface area contributed by atoms with Crippen LogP contribution in [0.1, 0.15) is 73.6 Å². The standard InChI is InChI=1S/C23H38O3/c1-13(2)16-8-7-14(3)17-9-10-22(6)23(26-22)18(16)11-15-12-24-21(4,5)25-20(15)19(17)23/h13-20H,7-12H2,1-6H3/t14-,15-,16+,17-,18-,19-,20+,22+,23-/m0/s1. The van der Waals surface area contributed by atoms with E-state index in [1.807, 2.05) is 0 Å². The van der Waals surface area contributed by atoms with E-state index in [1.54, 1.807) is 0 Å². The Balaban J connectivity index is 1.62. The number of ether oxygens (including phenoxy) is 3. The summed E-state index contributed by atoms with van der Waals surface area (Å²) in [6.45, 7) is 14.9. The summed E-state index contributed by atoms with van der Waals surface area (Å²) in [5, 5.41) is 0. The van der Waals surface area contributed by atoms with Crippen LogP contribution in [0, 0.1) is 41.4 Å². The lowest BCUT2D eigenvalue weighted by atomic mass is 9.47. The minimum absolute atomic E-state index is 0.0775. The van der Waals surface area contributed by atoms with Crippen molar-refractivity contribution in [2.24, 2.45) is 41.4 Å². The Hall–Kier alpha value is -0.120. The van der Waals surface area contributed by atoms with Crippen LogP contribution in [0.3, 0.4) is 0 Å². The van der Waals surface area contributed by atoms with Crippen LogP contribution in [0.5, 0.6) is 0 Å². The average Bonchev–Trinajstić information content (AvgIpc) is 3.19. The van der Waals surface area contributed by atoms with Gasteiger partial charge in [0.15, 0.2) is 5.79 Å². The number of hydrogen-bond acceptors (Lipinski definition) is 3. The number of rotatable bonds is 1. The smallest absolute Gasteiger partial charge is 0.163 e. The van der Waals surface area contributed by atoms with Crippen molar-refractivity contribution >= 4 is 0 Å². The molecular weight excluding hydrogens is 324 g/mol. The summed E-state index contributed by atoms with van der Waals surface area (Å²) in [5.41, 5.74) is 0.175. The van der Waals surface area contributed by atoms with Crippen LogP contribution >= 0.6 is 0 Å². The third-order valence-electron chi connectivity index (χ3n) is 9.14. The third kappa shape index (κ3) is 2.23. The molecule has 2 saturated heterocycles. The first-order valence-electron chi connectivity index (χ1n) is 11.2. The monoisotopic (exact) mass is 362 g/mol. The number of hydrogen-bond donors (Lipinski definition) is 0. The maximum Gasteiger partial charge on any atom is 0.163 e. The van der Waals surface area contributed by atoms with Gasteiger partial charge in [0.05, 0.1) is 18.3 Å². The molecule has 0 N–H and O–H groups in total. The molecule has 0 radical (unpaired) electrons. The van der Waals surface area contributed by atoms with Crippen molar-refractivity contribution in [2.75, 3.05) is 6.61 Å². The van der Waals surface area contributed by atoms with E-state index >= 15 is 0 Å². The van der Waals surface area contributed by atoms with Crippen LogP contribution < -0.4 is 0 Å². The zero-order valence-corrected chi connectivity index (χ0v) is 17.6. The lowest BCUT2D eigenvalue weighted by molar-refractivity contribution is -0.327. The van der Waals surface area contributed by atoms with Gasteiger partial charge in [0.1, 0.15) is 5.60 Å². The second kappa shape index (κ2) is 5.48. The van der Waals surface area contributed by atoms with Gasteiger partial charge in [-0.25, -0.2) is 0 Å². The van der Waals surface area contributed by atoms with Gasteiger partial charge in [0.25, 0.3) is 0 Å². The first-order valence-corrected chi connectivity index (χ1v) is 11.2. The second-order valence-electron chi connectivity index (χ2n) is 11.2. The van der Waals surface area contributed by atoms with Crippen molar-refractivity contribution < 1.29 is 14.2 Å². The van der Waals surface area contributed by atoms with Crippen molar-refractivity contribution in [2.45, 2.75) is 96.7 Å². The maximum absolute atomic E-state index is 6.85. The highest BCUT2D eigenvalue weighted by atomic mass is 16.7. The second-order valence-corrected chi connectivity index (χ2v) is 11.2. The first-order chi connectivity index (χ1) is 12.2. The molecule has 148 valence electrons. The molecule has 1 spiro atoms. The van der Waals surface area contributed by atoms with E-state index in [0.29, 0.717) is 23.9 Å². The molecule has 3 nitrogen and oxygen atoms in total. The molecule has 5 fully saturated rings. The van der Waals surface area contributed by atoms with E-state index in [0.717, 1.165) is 30.3 Å². The topological polar surface area (TPSA) is 31.0 Å². The highest BCUT2D eigenvalue weighted by molar-refractivity contribution is 5.28. The highest BCUT2D eigenvalue weighted by Crippen LogP contribution is 2.73. The molecule has 9 atom stereocenters. The summed E-state index contributed by atoms with van der Waals surface area (Å²) in [4.78, 5) is 0. The molecule has 4 bridgehead atoms. The molecule has 0 unspecified atom stereocenters. The summed E-state index contributed by atoms with van der Waals surface area (Å²) in [6, 6.07) is 0. The molecule has 3 saturated carbocycles. The van der Waals surface area contributed by atoms with Crippen molar-refractivity contribution in [3.05, 3.63) is 0 Å². The fourth-order valence-corrected chi connectivity index (χ4v) is 7.89. The fraction of sp³-hybridized carbons (Fsp3) is 1.00. The Labute approximate surface area is 159 Å². The van der Waals surface area contributed by atoms with Crippen molar-refractivity contribution in [1.82, 2.24) is 0 Å². The minimum Gasteiger partial charge on any atom is -0.362 e. The zero-order valence-electron chi connectivity index (χ0n) is 17.6.